The van der Waals surface area contributed by atoms with Crippen molar-refractivity contribution in [3.8, 4) is 0 Å². The summed E-state index contributed by atoms with van der Waals surface area (Å²) in [6.45, 7) is 6.74. The minimum absolute atomic E-state index is 0.107. The number of aliphatic hydroxyl groups excluding tert-OH is 9. The number of carbonyl (C=O) groups excluding carboxylic acids is 1. The largest absolute Gasteiger partial charge is 0.481 e. The van der Waals surface area contributed by atoms with E-state index >= 15 is 0 Å². The lowest BCUT2D eigenvalue weighted by molar-refractivity contribution is -0.308. The van der Waals surface area contributed by atoms with E-state index < -0.39 is 147 Å². The average Bonchev–Trinajstić information content (AvgIpc) is 3.21. The summed E-state index contributed by atoms with van der Waals surface area (Å²) in [5.41, 5.74) is 6.02. The van der Waals surface area contributed by atoms with E-state index in [9.17, 15) is 65.8 Å². The molecule has 65 heavy (non-hydrogen) atoms. The summed E-state index contributed by atoms with van der Waals surface area (Å²) in [5, 5.41) is 118. The fourth-order valence-electron chi connectivity index (χ4n) is 7.97. The highest BCUT2D eigenvalue weighted by molar-refractivity contribution is 5.71. The molecule has 15 unspecified atom stereocenters. The summed E-state index contributed by atoms with van der Waals surface area (Å²) in [7, 11) is 0. The zero-order valence-electron chi connectivity index (χ0n) is 37.6. The molecule has 3 aliphatic heterocycles. The zero-order chi connectivity index (χ0) is 48.4. The van der Waals surface area contributed by atoms with Crippen molar-refractivity contribution in [2.75, 3.05) is 0 Å². The Balaban J connectivity index is 1.86. The summed E-state index contributed by atoms with van der Waals surface area (Å²) in [6.07, 6.45) is 3.46. The number of carboxylic acids is 1. The van der Waals surface area contributed by atoms with Crippen molar-refractivity contribution >= 4 is 11.9 Å². The number of fused-ring (bicyclic) bond motifs is 2. The van der Waals surface area contributed by atoms with Crippen molar-refractivity contribution in [1.82, 2.24) is 0 Å². The molecular weight excluding hydrogens is 851 g/mol. The number of esters is 1. The van der Waals surface area contributed by atoms with Crippen molar-refractivity contribution in [3.05, 3.63) is 85.1 Å². The van der Waals surface area contributed by atoms with Gasteiger partial charge in [0.25, 0.3) is 0 Å². The van der Waals surface area contributed by atoms with Crippen LogP contribution in [-0.2, 0) is 28.5 Å². The van der Waals surface area contributed by atoms with Crippen LogP contribution in [0.1, 0.15) is 79.1 Å². The van der Waals surface area contributed by atoms with Gasteiger partial charge in [0.05, 0.1) is 79.6 Å². The Bertz CT molecular complexity index is 1670. The first-order valence-electron chi connectivity index (χ1n) is 22.3. The summed E-state index contributed by atoms with van der Waals surface area (Å²) in [4.78, 5) is 25.1. The van der Waals surface area contributed by atoms with Crippen molar-refractivity contribution in [2.24, 2.45) is 23.5 Å². The predicted octanol–water partition coefficient (Wildman–Crippen LogP) is 0.712. The molecule has 13 N–H and O–H groups in total. The molecule has 3 rings (SSSR count). The molecule has 2 bridgehead atoms. The van der Waals surface area contributed by atoms with Gasteiger partial charge in [-0.25, -0.2) is 0 Å². The molecule has 2 fully saturated rings. The third kappa shape index (κ3) is 18.6. The quantitative estimate of drug-likeness (QED) is 0.174. The van der Waals surface area contributed by atoms with Gasteiger partial charge in [0, 0.05) is 37.5 Å². The van der Waals surface area contributed by atoms with Gasteiger partial charge in [-0.15, -0.1) is 0 Å². The Kier molecular flexibility index (Phi) is 23.6. The Morgan fingerprint density at radius 1 is 0.662 bits per heavy atom. The second-order valence-electron chi connectivity index (χ2n) is 17.6. The van der Waals surface area contributed by atoms with Crippen LogP contribution in [0.15, 0.2) is 85.1 Å². The number of hydrogen-bond acceptors (Lipinski definition) is 17. The van der Waals surface area contributed by atoms with Crippen LogP contribution < -0.4 is 5.73 Å². The molecule has 3 heterocycles. The van der Waals surface area contributed by atoms with E-state index in [-0.39, 0.29) is 31.6 Å². The standard InChI is InChI=1S/C47H73NO17/c1-27-17-15-13-11-9-7-5-6-8-10-12-14-16-18-34(64-46-44(58)41(48)43(57)30(4)63-46)24-38-40(45(59)60)37(54)26-47(61,65-38)25-33(51)22-36(53)35(52)20-19-31(49)21-32(50)23-39(55)62-29(3)28(2)42(27)56/h5-18,27-38,40-44,46,49-54,56-58,61H,19-26,48H2,1-4H3,(H,59,60)/b6-5+,9-7+,10-8+,13-11+,14-12+,17-15+,18-16+/t27?,28?,29?,30-,31?,32?,33?,34?,35?,36?,37?,38?,40?,41+,42?,43+,44+,46?,47?/m0/s1. The van der Waals surface area contributed by atoms with Crippen LogP contribution in [-0.4, -0.2) is 166 Å². The number of aliphatic carboxylic acids is 1. The second kappa shape index (κ2) is 27.4. The first-order valence-corrected chi connectivity index (χ1v) is 22.3. The van der Waals surface area contributed by atoms with Crippen LogP contribution in [0.4, 0.5) is 0 Å². The number of hydrogen-bond donors (Lipinski definition) is 12. The zero-order valence-corrected chi connectivity index (χ0v) is 37.6. The summed E-state index contributed by atoms with van der Waals surface area (Å²) >= 11 is 0. The van der Waals surface area contributed by atoms with Crippen LogP contribution >= 0.6 is 0 Å². The first kappa shape index (κ1) is 55.9. The summed E-state index contributed by atoms with van der Waals surface area (Å²) in [6, 6.07) is -1.15. The normalized spacial score (nSPS) is 45.5. The van der Waals surface area contributed by atoms with Gasteiger partial charge in [-0.3, -0.25) is 9.59 Å². The van der Waals surface area contributed by atoms with Gasteiger partial charge in [0.2, 0.25) is 0 Å². The van der Waals surface area contributed by atoms with Gasteiger partial charge in [0.15, 0.2) is 12.1 Å². The Morgan fingerprint density at radius 2 is 1.23 bits per heavy atom. The van der Waals surface area contributed by atoms with Gasteiger partial charge in [-0.2, -0.15) is 0 Å². The number of allylic oxidation sites excluding steroid dienone is 12. The topological polar surface area (TPSA) is 320 Å². The van der Waals surface area contributed by atoms with Crippen LogP contribution in [0.25, 0.3) is 0 Å². The molecule has 3 aliphatic rings. The number of nitrogens with two attached hydrogens (primary N) is 1. The molecule has 0 amide bonds. The van der Waals surface area contributed by atoms with Crippen molar-refractivity contribution < 1.29 is 84.7 Å². The van der Waals surface area contributed by atoms with Crippen LogP contribution in [0.5, 0.6) is 0 Å². The number of cyclic esters (lactones) is 1. The maximum absolute atomic E-state index is 12.6. The van der Waals surface area contributed by atoms with Gasteiger partial charge in [-0.1, -0.05) is 98.9 Å². The molecular formula is C47H73NO17. The molecule has 0 spiro atoms. The molecule has 0 radical (unpaired) electrons. The minimum Gasteiger partial charge on any atom is -0.481 e. The lowest BCUT2D eigenvalue weighted by Gasteiger charge is -2.45. The fourth-order valence-corrected chi connectivity index (χ4v) is 7.97. The predicted molar refractivity (Wildman–Crippen MR) is 237 cm³/mol. The molecule has 0 aromatic rings. The van der Waals surface area contributed by atoms with Crippen LogP contribution in [0.2, 0.25) is 0 Å². The van der Waals surface area contributed by atoms with E-state index in [1.807, 2.05) is 19.1 Å². The number of carboxylic acid groups (broad SMARTS) is 1. The average molecular weight is 924 g/mol. The number of carbonyl (C=O) groups is 2. The monoisotopic (exact) mass is 923 g/mol. The molecule has 0 aromatic carbocycles. The maximum atomic E-state index is 12.6. The Labute approximate surface area is 381 Å². The number of ether oxygens (including phenoxy) is 4. The van der Waals surface area contributed by atoms with Gasteiger partial charge >= 0.3 is 11.9 Å². The van der Waals surface area contributed by atoms with Gasteiger partial charge in [-0.05, 0) is 33.1 Å². The molecule has 0 aromatic heterocycles. The van der Waals surface area contributed by atoms with Crippen LogP contribution in [0.3, 0.4) is 0 Å². The van der Waals surface area contributed by atoms with Crippen LogP contribution in [0, 0.1) is 17.8 Å². The third-order valence-electron chi connectivity index (χ3n) is 12.0. The van der Waals surface area contributed by atoms with E-state index in [1.54, 1.807) is 80.7 Å². The maximum Gasteiger partial charge on any atom is 0.311 e. The third-order valence-corrected chi connectivity index (χ3v) is 12.0. The van der Waals surface area contributed by atoms with Crippen molar-refractivity contribution in [2.45, 2.75) is 177 Å². The summed E-state index contributed by atoms with van der Waals surface area (Å²) in [5.74, 6) is -6.83. The molecule has 18 nitrogen and oxygen atoms in total. The molecule has 2 saturated heterocycles. The Hall–Kier alpha value is -3.44. The first-order chi connectivity index (χ1) is 30.6. The second-order valence-corrected chi connectivity index (χ2v) is 17.6. The van der Waals surface area contributed by atoms with Gasteiger partial charge < -0.3 is 80.9 Å². The molecule has 0 aliphatic carbocycles. The lowest BCUT2D eigenvalue weighted by atomic mass is 9.82. The number of aliphatic hydroxyl groups is 10. The van der Waals surface area contributed by atoms with Gasteiger partial charge in [0.1, 0.15) is 18.1 Å². The van der Waals surface area contributed by atoms with E-state index in [0.29, 0.717) is 0 Å². The highest BCUT2D eigenvalue weighted by Gasteiger charge is 2.51. The molecule has 368 valence electrons. The lowest BCUT2D eigenvalue weighted by Crippen LogP contribution is -2.61. The van der Waals surface area contributed by atoms with E-state index in [0.717, 1.165) is 0 Å². The molecule has 18 heteroatoms. The fraction of sp³-hybridized carbons (Fsp3) is 0.660. The molecule has 19 atom stereocenters. The SMILES string of the molecule is CC1/C=C/C=C/C=C/C=C/C=C/C=C/C=C/C(OC2O[C@@H](C)[C@@H](O)[C@@H](N)[C@H]2O)CC2OC(O)(CC(O)CC(O)C(O)CCC(O)CC(O)CC(=O)OC(C)C(C)C1O)CC(O)C2C(=O)O. The van der Waals surface area contributed by atoms with E-state index in [4.69, 9.17) is 24.7 Å². The highest BCUT2D eigenvalue weighted by Crippen LogP contribution is 2.38. The summed E-state index contributed by atoms with van der Waals surface area (Å²) < 4.78 is 23.1. The minimum atomic E-state index is -2.33. The van der Waals surface area contributed by atoms with Crippen molar-refractivity contribution in [1.29, 1.82) is 0 Å². The smallest absolute Gasteiger partial charge is 0.311 e. The van der Waals surface area contributed by atoms with E-state index in [2.05, 4.69) is 0 Å². The van der Waals surface area contributed by atoms with Crippen molar-refractivity contribution in [3.63, 3.8) is 0 Å². The van der Waals surface area contributed by atoms with E-state index in [1.165, 1.54) is 13.0 Å². The highest BCUT2D eigenvalue weighted by atomic mass is 16.7. The number of rotatable bonds is 3. The Morgan fingerprint density at radius 3 is 1.82 bits per heavy atom. The molecule has 0 saturated carbocycles.